The van der Waals surface area contributed by atoms with Crippen LogP contribution in [0.1, 0.15) is 245 Å². The van der Waals surface area contributed by atoms with E-state index in [4.69, 9.17) is 24.3 Å². The molecule has 9 nitrogen and oxygen atoms in total. The van der Waals surface area contributed by atoms with Gasteiger partial charge in [0, 0.05) is 19.4 Å². The molecule has 73 heavy (non-hydrogen) atoms. The van der Waals surface area contributed by atoms with Crippen LogP contribution < -0.4 is 5.73 Å². The van der Waals surface area contributed by atoms with Crippen LogP contribution in [0.15, 0.2) is 109 Å². The first-order chi connectivity index (χ1) is 35.8. The lowest BCUT2D eigenvalue weighted by atomic mass is 10.0. The van der Waals surface area contributed by atoms with E-state index in [-0.39, 0.29) is 32.6 Å². The molecule has 0 bridgehead atoms. The molecule has 0 aromatic rings. The highest BCUT2D eigenvalue weighted by molar-refractivity contribution is 7.47. The van der Waals surface area contributed by atoms with Crippen LogP contribution in [0, 0.1) is 0 Å². The predicted molar refractivity (Wildman–Crippen MR) is 311 cm³/mol. The molecule has 0 aromatic heterocycles. The van der Waals surface area contributed by atoms with Crippen molar-refractivity contribution in [3.8, 4) is 0 Å². The number of carbonyl (C=O) groups excluding carboxylic acids is 2. The first-order valence-electron chi connectivity index (χ1n) is 29.4. The van der Waals surface area contributed by atoms with E-state index in [0.717, 1.165) is 89.9 Å². The largest absolute Gasteiger partial charge is 0.472 e. The smallest absolute Gasteiger partial charge is 0.462 e. The number of phosphoric acid groups is 1. The van der Waals surface area contributed by atoms with Crippen LogP contribution in [-0.4, -0.2) is 49.3 Å². The molecule has 0 spiro atoms. The van der Waals surface area contributed by atoms with E-state index >= 15 is 0 Å². The van der Waals surface area contributed by atoms with E-state index in [1.807, 2.05) is 0 Å². The maximum atomic E-state index is 12.7. The Morgan fingerprint density at radius 2 is 0.712 bits per heavy atom. The number of phosphoric ester groups is 1. The van der Waals surface area contributed by atoms with Gasteiger partial charge >= 0.3 is 19.8 Å². The van der Waals surface area contributed by atoms with E-state index in [9.17, 15) is 19.0 Å². The summed E-state index contributed by atoms with van der Waals surface area (Å²) < 4.78 is 32.9. The molecule has 2 atom stereocenters. The summed E-state index contributed by atoms with van der Waals surface area (Å²) in [5, 5.41) is 0. The number of ether oxygens (including phenoxy) is 2. The van der Waals surface area contributed by atoms with E-state index in [1.54, 1.807) is 0 Å². The molecule has 0 saturated carbocycles. The lowest BCUT2D eigenvalue weighted by molar-refractivity contribution is -0.161. The minimum atomic E-state index is -4.40. The molecule has 0 aromatic carbocycles. The van der Waals surface area contributed by atoms with Crippen molar-refractivity contribution in [3.63, 3.8) is 0 Å². The summed E-state index contributed by atoms with van der Waals surface area (Å²) in [6.07, 6.45) is 78.9. The van der Waals surface area contributed by atoms with Crippen molar-refractivity contribution in [2.24, 2.45) is 5.73 Å². The monoisotopic (exact) mass is 1040 g/mol. The number of hydrogen-bond donors (Lipinski definition) is 2. The minimum absolute atomic E-state index is 0.0443. The Bertz CT molecular complexity index is 1560. The topological polar surface area (TPSA) is 134 Å². The molecule has 0 amide bonds. The fraction of sp³-hybridized carbons (Fsp3) is 0.683. The highest BCUT2D eigenvalue weighted by Crippen LogP contribution is 2.43. The van der Waals surface area contributed by atoms with Gasteiger partial charge in [0.1, 0.15) is 6.61 Å². The normalized spacial score (nSPS) is 13.9. The van der Waals surface area contributed by atoms with Crippen LogP contribution in [0.5, 0.6) is 0 Å². The van der Waals surface area contributed by atoms with Gasteiger partial charge in [0.15, 0.2) is 6.10 Å². The van der Waals surface area contributed by atoms with Crippen LogP contribution >= 0.6 is 7.82 Å². The van der Waals surface area contributed by atoms with Gasteiger partial charge in [0.2, 0.25) is 0 Å². The summed E-state index contributed by atoms with van der Waals surface area (Å²) in [5.74, 6) is -0.876. The molecule has 418 valence electrons. The summed E-state index contributed by atoms with van der Waals surface area (Å²) >= 11 is 0. The molecule has 0 radical (unpaired) electrons. The Balaban J connectivity index is 3.87. The molecule has 0 saturated heterocycles. The molecule has 3 N–H and O–H groups in total. The molecule has 2 unspecified atom stereocenters. The molecule has 0 aliphatic carbocycles. The van der Waals surface area contributed by atoms with Gasteiger partial charge in [0.05, 0.1) is 13.2 Å². The average Bonchev–Trinajstić information content (AvgIpc) is 3.38. The summed E-state index contributed by atoms with van der Waals surface area (Å²) in [6, 6.07) is 0. The highest BCUT2D eigenvalue weighted by Gasteiger charge is 2.26. The second kappa shape index (κ2) is 57.9. The number of carbonyl (C=O) groups is 2. The lowest BCUT2D eigenvalue weighted by Crippen LogP contribution is -2.29. The number of nitrogens with two attached hydrogens (primary N) is 1. The SMILES string of the molecule is CC/C=C\C/C=C\C/C=C\C/C=C\C/C=C\CCCCCCCCCCCCCCCCCCCCCCCC(=O)OC(COC(=O)CCCC/C=C\C/C=C\C/C=C\C/C=C\CC)COP(=O)(O)OCCN. The average molecular weight is 1040 g/mol. The molecular formula is C63H108NO8P. The standard InChI is InChI=1S/C63H108NO8P/c1-3-5-7-9-11-13-15-17-19-20-21-22-23-24-25-26-27-28-29-30-31-32-33-34-35-36-37-38-39-40-42-44-46-48-50-52-54-56-63(66)72-61(60-71-73(67,68)70-58-57-64)59-69-62(65)55-53-51-49-47-45-43-41-18-16-14-12-10-8-6-4-2/h5-8,11-14,17-19,21-22,24-25,41,45,47,61H,3-4,9-10,15-16,20,23,26-40,42-44,46,48-60,64H2,1-2H3,(H,67,68)/b7-5-,8-6-,13-11-,14-12-,19-17-,22-21-,25-24-,41-18-,47-45-. The number of hydrogen-bond acceptors (Lipinski definition) is 8. The highest BCUT2D eigenvalue weighted by atomic mass is 31.2. The van der Waals surface area contributed by atoms with Gasteiger partial charge in [-0.3, -0.25) is 18.6 Å². The predicted octanol–water partition coefficient (Wildman–Crippen LogP) is 18.6. The van der Waals surface area contributed by atoms with Crippen LogP contribution in [0.4, 0.5) is 0 Å². The Morgan fingerprint density at radius 3 is 1.08 bits per heavy atom. The first-order valence-corrected chi connectivity index (χ1v) is 30.9. The molecule has 10 heteroatoms. The maximum Gasteiger partial charge on any atom is 0.472 e. The fourth-order valence-corrected chi connectivity index (χ4v) is 8.65. The third-order valence-electron chi connectivity index (χ3n) is 12.2. The van der Waals surface area contributed by atoms with Crippen molar-refractivity contribution < 1.29 is 37.6 Å². The first kappa shape index (κ1) is 69.7. The zero-order valence-corrected chi connectivity index (χ0v) is 47.5. The number of esters is 2. The zero-order chi connectivity index (χ0) is 53.1. The van der Waals surface area contributed by atoms with Crippen molar-refractivity contribution in [2.45, 2.75) is 251 Å². The zero-order valence-electron chi connectivity index (χ0n) is 46.6. The van der Waals surface area contributed by atoms with E-state index in [0.29, 0.717) is 12.8 Å². The second-order valence-electron chi connectivity index (χ2n) is 19.1. The van der Waals surface area contributed by atoms with Gasteiger partial charge < -0.3 is 20.1 Å². The number of rotatable bonds is 54. The molecule has 0 heterocycles. The van der Waals surface area contributed by atoms with E-state index in [1.165, 1.54) is 116 Å². The lowest BCUT2D eigenvalue weighted by Gasteiger charge is -2.19. The van der Waals surface area contributed by atoms with Crippen molar-refractivity contribution >= 4 is 19.8 Å². The quantitative estimate of drug-likeness (QED) is 0.0264. The van der Waals surface area contributed by atoms with E-state index in [2.05, 4.69) is 123 Å². The van der Waals surface area contributed by atoms with E-state index < -0.39 is 32.5 Å². The molecular weight excluding hydrogens is 930 g/mol. The van der Waals surface area contributed by atoms with Gasteiger partial charge in [-0.05, 0) is 96.3 Å². The number of allylic oxidation sites excluding steroid dienone is 18. The Kier molecular flexibility index (Phi) is 55.3. The molecule has 0 rings (SSSR count). The van der Waals surface area contributed by atoms with Gasteiger partial charge in [-0.1, -0.05) is 245 Å². The minimum Gasteiger partial charge on any atom is -0.462 e. The Hall–Kier alpha value is -3.33. The molecule has 0 fully saturated rings. The Morgan fingerprint density at radius 1 is 0.411 bits per heavy atom. The number of unbranched alkanes of at least 4 members (excludes halogenated alkanes) is 23. The summed E-state index contributed by atoms with van der Waals surface area (Å²) in [7, 11) is -4.40. The maximum absolute atomic E-state index is 12.7. The third-order valence-corrected chi connectivity index (χ3v) is 13.1. The molecule has 0 aliphatic heterocycles. The Labute approximate surface area is 448 Å². The van der Waals surface area contributed by atoms with Crippen LogP contribution in [-0.2, 0) is 32.7 Å². The second-order valence-corrected chi connectivity index (χ2v) is 20.6. The van der Waals surface area contributed by atoms with Gasteiger partial charge in [-0.25, -0.2) is 4.57 Å². The van der Waals surface area contributed by atoms with Crippen LogP contribution in [0.3, 0.4) is 0 Å². The van der Waals surface area contributed by atoms with Gasteiger partial charge in [-0.2, -0.15) is 0 Å². The van der Waals surface area contributed by atoms with Crippen molar-refractivity contribution in [1.29, 1.82) is 0 Å². The third kappa shape index (κ3) is 57.8. The molecule has 0 aliphatic rings. The van der Waals surface area contributed by atoms with Crippen LogP contribution in [0.2, 0.25) is 0 Å². The fourth-order valence-electron chi connectivity index (χ4n) is 7.89. The van der Waals surface area contributed by atoms with Crippen molar-refractivity contribution in [2.75, 3.05) is 26.4 Å². The van der Waals surface area contributed by atoms with Crippen molar-refractivity contribution in [1.82, 2.24) is 0 Å². The van der Waals surface area contributed by atoms with Crippen molar-refractivity contribution in [3.05, 3.63) is 109 Å². The van der Waals surface area contributed by atoms with Gasteiger partial charge in [-0.15, -0.1) is 0 Å². The van der Waals surface area contributed by atoms with Crippen LogP contribution in [0.25, 0.3) is 0 Å². The van der Waals surface area contributed by atoms with Gasteiger partial charge in [0.25, 0.3) is 0 Å². The summed E-state index contributed by atoms with van der Waals surface area (Å²) in [6.45, 7) is 3.47. The summed E-state index contributed by atoms with van der Waals surface area (Å²) in [5.41, 5.74) is 5.37. The summed E-state index contributed by atoms with van der Waals surface area (Å²) in [4.78, 5) is 35.1.